The normalized spacial score (nSPS) is 11.4. The number of carbonyl (C=O) groups is 2. The van der Waals surface area contributed by atoms with Gasteiger partial charge in [-0.3, -0.25) is 9.59 Å². The molecule has 0 spiro atoms. The van der Waals surface area contributed by atoms with E-state index in [9.17, 15) is 9.59 Å². The summed E-state index contributed by atoms with van der Waals surface area (Å²) in [7, 11) is 1.44. The van der Waals surface area contributed by atoms with Crippen LogP contribution in [0.15, 0.2) is 48.7 Å². The minimum atomic E-state index is -0.769. The van der Waals surface area contributed by atoms with E-state index < -0.39 is 11.8 Å². The first-order chi connectivity index (χ1) is 10.6. The molecule has 1 aromatic carbocycles. The smallest absolute Gasteiger partial charge is 0.313 e. The molecule has 1 heterocycles. The lowest BCUT2D eigenvalue weighted by Gasteiger charge is -2.14. The second-order valence-electron chi connectivity index (χ2n) is 4.62. The molecule has 0 aliphatic heterocycles. The van der Waals surface area contributed by atoms with E-state index in [2.05, 4.69) is 15.6 Å². The quantitative estimate of drug-likeness (QED) is 0.845. The molecule has 0 fully saturated rings. The third-order valence-electron chi connectivity index (χ3n) is 3.07. The van der Waals surface area contributed by atoms with E-state index >= 15 is 0 Å². The van der Waals surface area contributed by atoms with Gasteiger partial charge in [-0.1, -0.05) is 30.3 Å². The molecule has 6 nitrogen and oxygen atoms in total. The van der Waals surface area contributed by atoms with Crippen LogP contribution in [0, 0.1) is 0 Å². The number of rotatable bonds is 4. The van der Waals surface area contributed by atoms with Crippen molar-refractivity contribution in [3.63, 3.8) is 0 Å². The Kier molecular flexibility index (Phi) is 5.08. The van der Waals surface area contributed by atoms with E-state index in [1.165, 1.54) is 13.3 Å². The number of nitrogens with one attached hydrogen (secondary N) is 2. The van der Waals surface area contributed by atoms with Gasteiger partial charge in [0, 0.05) is 6.20 Å². The minimum Gasteiger partial charge on any atom is -0.480 e. The summed E-state index contributed by atoms with van der Waals surface area (Å²) in [6, 6.07) is 12.4. The number of carbonyl (C=O) groups excluding carboxylic acids is 2. The van der Waals surface area contributed by atoms with Gasteiger partial charge in [-0.25, -0.2) is 4.98 Å². The Labute approximate surface area is 128 Å². The Balaban J connectivity index is 1.99. The van der Waals surface area contributed by atoms with Crippen LogP contribution in [0.5, 0.6) is 5.88 Å². The van der Waals surface area contributed by atoms with Crippen LogP contribution in [0.4, 0.5) is 5.69 Å². The summed E-state index contributed by atoms with van der Waals surface area (Å²) in [6.07, 6.45) is 1.53. The van der Waals surface area contributed by atoms with Crippen LogP contribution in [0.1, 0.15) is 18.5 Å². The van der Waals surface area contributed by atoms with Crippen molar-refractivity contribution in [1.82, 2.24) is 10.3 Å². The summed E-state index contributed by atoms with van der Waals surface area (Å²) in [5.74, 6) is -1.24. The number of methoxy groups -OCH3 is 1. The molecule has 2 aromatic rings. The van der Waals surface area contributed by atoms with Gasteiger partial charge in [0.1, 0.15) is 5.69 Å². The molecule has 0 bridgehead atoms. The predicted molar refractivity (Wildman–Crippen MR) is 82.4 cm³/mol. The van der Waals surface area contributed by atoms with Gasteiger partial charge < -0.3 is 15.4 Å². The number of nitrogens with zero attached hydrogens (tertiary/aromatic N) is 1. The van der Waals surface area contributed by atoms with Crippen molar-refractivity contribution in [3.05, 3.63) is 54.2 Å². The van der Waals surface area contributed by atoms with E-state index in [0.717, 1.165) is 5.56 Å². The van der Waals surface area contributed by atoms with Crippen LogP contribution >= 0.6 is 0 Å². The lowest BCUT2D eigenvalue weighted by atomic mass is 10.1. The van der Waals surface area contributed by atoms with Crippen LogP contribution in [-0.2, 0) is 9.59 Å². The Bertz CT molecular complexity index is 659. The van der Waals surface area contributed by atoms with Crippen molar-refractivity contribution in [3.8, 4) is 5.88 Å². The zero-order chi connectivity index (χ0) is 15.9. The van der Waals surface area contributed by atoms with E-state index in [1.807, 2.05) is 37.3 Å². The highest BCUT2D eigenvalue weighted by Crippen LogP contribution is 2.19. The first-order valence-electron chi connectivity index (χ1n) is 6.77. The van der Waals surface area contributed by atoms with Gasteiger partial charge >= 0.3 is 11.8 Å². The molecule has 6 heteroatoms. The van der Waals surface area contributed by atoms with Crippen LogP contribution in [0.2, 0.25) is 0 Å². The molecule has 0 aliphatic carbocycles. The second-order valence-corrected chi connectivity index (χ2v) is 4.62. The lowest BCUT2D eigenvalue weighted by molar-refractivity contribution is -0.136. The topological polar surface area (TPSA) is 80.3 Å². The number of ether oxygens (including phenoxy) is 1. The molecule has 0 saturated heterocycles. The molecule has 0 aliphatic rings. The van der Waals surface area contributed by atoms with Crippen LogP contribution in [-0.4, -0.2) is 23.9 Å². The average molecular weight is 299 g/mol. The third kappa shape index (κ3) is 3.82. The van der Waals surface area contributed by atoms with Gasteiger partial charge in [-0.15, -0.1) is 0 Å². The van der Waals surface area contributed by atoms with Crippen molar-refractivity contribution in [2.45, 2.75) is 13.0 Å². The van der Waals surface area contributed by atoms with Crippen LogP contribution in [0.3, 0.4) is 0 Å². The second kappa shape index (κ2) is 7.21. The van der Waals surface area contributed by atoms with Gasteiger partial charge in [-0.2, -0.15) is 0 Å². The molecule has 2 rings (SSSR count). The van der Waals surface area contributed by atoms with Crippen molar-refractivity contribution < 1.29 is 14.3 Å². The number of hydrogen-bond donors (Lipinski definition) is 2. The Morgan fingerprint density at radius 1 is 1.09 bits per heavy atom. The van der Waals surface area contributed by atoms with Gasteiger partial charge in [0.15, 0.2) is 0 Å². The minimum absolute atomic E-state index is 0.250. The maximum absolute atomic E-state index is 11.9. The highest BCUT2D eigenvalue weighted by Gasteiger charge is 2.18. The lowest BCUT2D eigenvalue weighted by Crippen LogP contribution is -2.37. The van der Waals surface area contributed by atoms with Crippen molar-refractivity contribution in [2.24, 2.45) is 0 Å². The summed E-state index contributed by atoms with van der Waals surface area (Å²) in [4.78, 5) is 27.8. The SMILES string of the molecule is COc1ncccc1NC(=O)C(=O)N[C@@H](C)c1ccccc1. The van der Waals surface area contributed by atoms with E-state index in [0.29, 0.717) is 5.69 Å². The van der Waals surface area contributed by atoms with Crippen molar-refractivity contribution >= 4 is 17.5 Å². The molecule has 2 amide bonds. The highest BCUT2D eigenvalue weighted by atomic mass is 16.5. The van der Waals surface area contributed by atoms with Crippen molar-refractivity contribution in [1.29, 1.82) is 0 Å². The Morgan fingerprint density at radius 2 is 1.82 bits per heavy atom. The summed E-state index contributed by atoms with van der Waals surface area (Å²) in [5, 5.41) is 5.12. The van der Waals surface area contributed by atoms with Crippen molar-refractivity contribution in [2.75, 3.05) is 12.4 Å². The zero-order valence-corrected chi connectivity index (χ0v) is 12.4. The fraction of sp³-hybridized carbons (Fsp3) is 0.188. The fourth-order valence-electron chi connectivity index (χ4n) is 1.91. The summed E-state index contributed by atoms with van der Waals surface area (Å²) in [5.41, 5.74) is 1.26. The fourth-order valence-corrected chi connectivity index (χ4v) is 1.91. The molecule has 2 N–H and O–H groups in total. The molecular formula is C16H17N3O3. The monoisotopic (exact) mass is 299 g/mol. The first kappa shape index (κ1) is 15.5. The molecule has 114 valence electrons. The van der Waals surface area contributed by atoms with Gasteiger partial charge in [-0.05, 0) is 24.6 Å². The van der Waals surface area contributed by atoms with E-state index in [4.69, 9.17) is 4.74 Å². The molecule has 0 saturated carbocycles. The highest BCUT2D eigenvalue weighted by molar-refractivity contribution is 6.39. The zero-order valence-electron chi connectivity index (χ0n) is 12.4. The summed E-state index contributed by atoms with van der Waals surface area (Å²) < 4.78 is 5.02. The molecule has 1 atom stereocenters. The number of pyridine rings is 1. The van der Waals surface area contributed by atoms with Crippen LogP contribution < -0.4 is 15.4 Å². The maximum atomic E-state index is 11.9. The Morgan fingerprint density at radius 3 is 2.50 bits per heavy atom. The third-order valence-corrected chi connectivity index (χ3v) is 3.07. The number of hydrogen-bond acceptors (Lipinski definition) is 4. The average Bonchev–Trinajstić information content (AvgIpc) is 2.56. The summed E-state index contributed by atoms with van der Waals surface area (Å²) >= 11 is 0. The summed E-state index contributed by atoms with van der Waals surface area (Å²) in [6.45, 7) is 1.81. The standard InChI is InChI=1S/C16H17N3O3/c1-11(12-7-4-3-5-8-12)18-14(20)15(21)19-13-9-6-10-17-16(13)22-2/h3-11H,1-2H3,(H,18,20)(H,19,21)/t11-/m0/s1. The Hall–Kier alpha value is -2.89. The van der Waals surface area contributed by atoms with Gasteiger partial charge in [0.25, 0.3) is 0 Å². The van der Waals surface area contributed by atoms with Gasteiger partial charge in [0.05, 0.1) is 13.2 Å². The molecule has 22 heavy (non-hydrogen) atoms. The first-order valence-corrected chi connectivity index (χ1v) is 6.77. The molecule has 1 aromatic heterocycles. The van der Waals surface area contributed by atoms with E-state index in [-0.39, 0.29) is 11.9 Å². The predicted octanol–water partition coefficient (Wildman–Crippen LogP) is 1.91. The number of aromatic nitrogens is 1. The molecular weight excluding hydrogens is 282 g/mol. The number of anilines is 1. The van der Waals surface area contributed by atoms with Crippen LogP contribution in [0.25, 0.3) is 0 Å². The molecule has 0 unspecified atom stereocenters. The number of benzene rings is 1. The number of amides is 2. The maximum Gasteiger partial charge on any atom is 0.313 e. The van der Waals surface area contributed by atoms with E-state index in [1.54, 1.807) is 12.1 Å². The van der Waals surface area contributed by atoms with Gasteiger partial charge in [0.2, 0.25) is 5.88 Å². The largest absolute Gasteiger partial charge is 0.480 e. The molecule has 0 radical (unpaired) electrons.